The number of halogens is 2. The number of aliphatic carboxylic acids is 1. The van der Waals surface area contributed by atoms with Crippen LogP contribution < -0.4 is 5.32 Å². The predicted molar refractivity (Wildman–Crippen MR) is 75.9 cm³/mol. The van der Waals surface area contributed by atoms with Gasteiger partial charge in [-0.15, -0.1) is 0 Å². The molecular weight excluding hydrogens is 332 g/mol. The van der Waals surface area contributed by atoms with Crippen molar-refractivity contribution in [3.05, 3.63) is 29.8 Å². The van der Waals surface area contributed by atoms with Crippen molar-refractivity contribution in [3.63, 3.8) is 0 Å². The van der Waals surface area contributed by atoms with Crippen LogP contribution in [0.2, 0.25) is 0 Å². The van der Waals surface area contributed by atoms with E-state index in [9.17, 15) is 31.9 Å². The fourth-order valence-electron chi connectivity index (χ4n) is 2.56. The van der Waals surface area contributed by atoms with Gasteiger partial charge in [-0.2, -0.15) is 8.78 Å². The highest BCUT2D eigenvalue weighted by molar-refractivity contribution is 7.91. The minimum absolute atomic E-state index is 0.00532. The van der Waals surface area contributed by atoms with E-state index in [1.165, 1.54) is 0 Å². The van der Waals surface area contributed by atoms with Gasteiger partial charge in [-0.25, -0.2) is 13.2 Å². The van der Waals surface area contributed by atoms with E-state index in [-0.39, 0.29) is 5.56 Å². The number of carboxylic acid groups (broad SMARTS) is 1. The molecule has 126 valence electrons. The topological polar surface area (TPSA) is 101 Å². The fraction of sp³-hybridized carbons (Fsp3) is 0.429. The molecule has 2 rings (SSSR count). The lowest BCUT2D eigenvalue weighted by Gasteiger charge is -2.25. The molecule has 23 heavy (non-hydrogen) atoms. The monoisotopic (exact) mass is 347 g/mol. The molecule has 0 aliphatic heterocycles. The number of hydrogen-bond donors (Lipinski definition) is 2. The van der Waals surface area contributed by atoms with Gasteiger partial charge in [-0.05, 0) is 37.1 Å². The van der Waals surface area contributed by atoms with Gasteiger partial charge in [0.05, 0.1) is 4.90 Å². The normalized spacial score (nSPS) is 17.2. The second-order valence-electron chi connectivity index (χ2n) is 5.38. The van der Waals surface area contributed by atoms with Gasteiger partial charge in [0.1, 0.15) is 5.54 Å². The molecule has 0 aromatic heterocycles. The molecule has 1 aromatic rings. The first-order valence-corrected chi connectivity index (χ1v) is 8.42. The summed E-state index contributed by atoms with van der Waals surface area (Å²) in [6.45, 7) is 0. The van der Waals surface area contributed by atoms with E-state index in [0.29, 0.717) is 25.7 Å². The van der Waals surface area contributed by atoms with Crippen molar-refractivity contribution in [2.45, 2.75) is 41.9 Å². The van der Waals surface area contributed by atoms with Crippen molar-refractivity contribution in [1.29, 1.82) is 0 Å². The fourth-order valence-corrected chi connectivity index (χ4v) is 3.28. The number of carbonyl (C=O) groups is 2. The minimum Gasteiger partial charge on any atom is -0.480 e. The van der Waals surface area contributed by atoms with Gasteiger partial charge in [0.15, 0.2) is 0 Å². The molecule has 1 aromatic carbocycles. The van der Waals surface area contributed by atoms with Crippen LogP contribution in [-0.4, -0.2) is 36.7 Å². The number of nitrogens with one attached hydrogen (secondary N) is 1. The number of carboxylic acids is 1. The largest absolute Gasteiger partial charge is 0.480 e. The van der Waals surface area contributed by atoms with Crippen molar-refractivity contribution < 1.29 is 31.9 Å². The Labute approximate surface area is 131 Å². The van der Waals surface area contributed by atoms with E-state index >= 15 is 0 Å². The quantitative estimate of drug-likeness (QED) is 0.846. The third-order valence-corrected chi connectivity index (χ3v) is 5.30. The molecule has 9 heteroatoms. The maximum atomic E-state index is 12.4. The summed E-state index contributed by atoms with van der Waals surface area (Å²) in [5, 5.41) is 11.7. The van der Waals surface area contributed by atoms with E-state index in [0.717, 1.165) is 24.3 Å². The molecule has 0 atom stereocenters. The summed E-state index contributed by atoms with van der Waals surface area (Å²) in [5.74, 6) is -5.36. The Bertz CT molecular complexity index is 709. The smallest absolute Gasteiger partial charge is 0.341 e. The number of amides is 1. The Morgan fingerprint density at radius 1 is 1.13 bits per heavy atom. The van der Waals surface area contributed by atoms with Crippen LogP contribution in [0.4, 0.5) is 8.78 Å². The molecule has 0 saturated heterocycles. The van der Waals surface area contributed by atoms with Crippen LogP contribution in [0.25, 0.3) is 0 Å². The maximum Gasteiger partial charge on any atom is 0.341 e. The van der Waals surface area contributed by atoms with Crippen LogP contribution in [0.1, 0.15) is 36.0 Å². The SMILES string of the molecule is O=C(NC1(C(=O)O)CCCC1)c1ccc(S(=O)(=O)C(F)F)cc1. The molecule has 2 N–H and O–H groups in total. The lowest BCUT2D eigenvalue weighted by molar-refractivity contribution is -0.144. The molecule has 6 nitrogen and oxygen atoms in total. The molecule has 1 aliphatic rings. The first-order chi connectivity index (χ1) is 10.7. The molecule has 1 saturated carbocycles. The summed E-state index contributed by atoms with van der Waals surface area (Å²) >= 11 is 0. The molecule has 1 fully saturated rings. The summed E-state index contributed by atoms with van der Waals surface area (Å²) < 4.78 is 47.5. The lowest BCUT2D eigenvalue weighted by Crippen LogP contribution is -2.52. The van der Waals surface area contributed by atoms with Crippen molar-refractivity contribution >= 4 is 21.7 Å². The van der Waals surface area contributed by atoms with Crippen molar-refractivity contribution in [2.75, 3.05) is 0 Å². The molecule has 0 heterocycles. The second-order valence-corrected chi connectivity index (χ2v) is 7.30. The highest BCUT2D eigenvalue weighted by Gasteiger charge is 2.42. The number of sulfone groups is 1. The zero-order chi connectivity index (χ0) is 17.3. The Morgan fingerprint density at radius 3 is 2.09 bits per heavy atom. The molecular formula is C14H15F2NO5S. The Hall–Kier alpha value is -2.03. The lowest BCUT2D eigenvalue weighted by atomic mass is 9.97. The van der Waals surface area contributed by atoms with Crippen LogP contribution in [0, 0.1) is 0 Å². The summed E-state index contributed by atoms with van der Waals surface area (Å²) in [6, 6.07) is 3.96. The van der Waals surface area contributed by atoms with Crippen LogP contribution >= 0.6 is 0 Å². The molecule has 1 amide bonds. The summed E-state index contributed by atoms with van der Waals surface area (Å²) in [4.78, 5) is 22.9. The van der Waals surface area contributed by atoms with Gasteiger partial charge in [-0.3, -0.25) is 4.79 Å². The van der Waals surface area contributed by atoms with Gasteiger partial charge < -0.3 is 10.4 Å². The molecule has 0 spiro atoms. The van der Waals surface area contributed by atoms with E-state index in [1.807, 2.05) is 0 Å². The number of carbonyl (C=O) groups excluding carboxylic acids is 1. The first-order valence-electron chi connectivity index (χ1n) is 6.87. The molecule has 0 radical (unpaired) electrons. The highest BCUT2D eigenvalue weighted by atomic mass is 32.2. The van der Waals surface area contributed by atoms with Gasteiger partial charge in [0, 0.05) is 5.56 Å². The van der Waals surface area contributed by atoms with E-state index in [2.05, 4.69) is 5.32 Å². The number of alkyl halides is 2. The standard InChI is InChI=1S/C14H15F2NO5S/c15-13(16)23(21,22)10-5-3-9(4-6-10)11(18)17-14(12(19)20)7-1-2-8-14/h3-6,13H,1-2,7-8H2,(H,17,18)(H,19,20). The van der Waals surface area contributed by atoms with E-state index < -0.39 is 37.9 Å². The second kappa shape index (κ2) is 6.23. The maximum absolute atomic E-state index is 12.4. The average molecular weight is 347 g/mol. The highest BCUT2D eigenvalue weighted by Crippen LogP contribution is 2.30. The van der Waals surface area contributed by atoms with Gasteiger partial charge in [0.2, 0.25) is 9.84 Å². The number of hydrogen-bond acceptors (Lipinski definition) is 4. The van der Waals surface area contributed by atoms with Crippen LogP contribution in [0.15, 0.2) is 29.2 Å². The Morgan fingerprint density at radius 2 is 1.65 bits per heavy atom. The third-order valence-electron chi connectivity index (χ3n) is 3.90. The Kier molecular flexibility index (Phi) is 4.69. The van der Waals surface area contributed by atoms with E-state index in [4.69, 9.17) is 0 Å². The first kappa shape index (κ1) is 17.3. The predicted octanol–water partition coefficient (Wildman–Crippen LogP) is 1.81. The average Bonchev–Trinajstić information content (AvgIpc) is 2.97. The zero-order valence-electron chi connectivity index (χ0n) is 12.0. The minimum atomic E-state index is -4.73. The molecule has 0 bridgehead atoms. The van der Waals surface area contributed by atoms with Gasteiger partial charge in [0.25, 0.3) is 5.91 Å². The third kappa shape index (κ3) is 3.34. The zero-order valence-corrected chi connectivity index (χ0v) is 12.8. The van der Waals surface area contributed by atoms with Crippen LogP contribution in [-0.2, 0) is 14.6 Å². The molecule has 1 aliphatic carbocycles. The molecule has 0 unspecified atom stereocenters. The van der Waals surface area contributed by atoms with Gasteiger partial charge in [-0.1, -0.05) is 12.8 Å². The number of benzene rings is 1. The van der Waals surface area contributed by atoms with Crippen molar-refractivity contribution in [2.24, 2.45) is 0 Å². The van der Waals surface area contributed by atoms with Crippen molar-refractivity contribution in [3.8, 4) is 0 Å². The van der Waals surface area contributed by atoms with Crippen LogP contribution in [0.3, 0.4) is 0 Å². The van der Waals surface area contributed by atoms with Gasteiger partial charge >= 0.3 is 11.7 Å². The summed E-state index contributed by atoms with van der Waals surface area (Å²) in [5.41, 5.74) is -1.32. The van der Waals surface area contributed by atoms with Crippen LogP contribution in [0.5, 0.6) is 0 Å². The van der Waals surface area contributed by atoms with Crippen molar-refractivity contribution in [1.82, 2.24) is 5.32 Å². The number of rotatable bonds is 5. The Balaban J connectivity index is 2.20. The summed E-state index contributed by atoms with van der Waals surface area (Å²) in [7, 11) is -4.73. The van der Waals surface area contributed by atoms with E-state index in [1.54, 1.807) is 0 Å². The summed E-state index contributed by atoms with van der Waals surface area (Å²) in [6.07, 6.45) is 1.98.